The molecule has 5 nitrogen and oxygen atoms in total. The molecule has 0 aliphatic carbocycles. The molecular formula is C20H19NO4S. The van der Waals surface area contributed by atoms with Gasteiger partial charge in [0.15, 0.2) is 17.3 Å². The number of morpholine rings is 1. The van der Waals surface area contributed by atoms with Crippen molar-refractivity contribution in [2.24, 2.45) is 0 Å². The zero-order chi connectivity index (χ0) is 18.1. The topological polar surface area (TPSA) is 59.8 Å². The third-order valence-corrected chi connectivity index (χ3v) is 5.55. The Morgan fingerprint density at radius 2 is 2.04 bits per heavy atom. The van der Waals surface area contributed by atoms with E-state index in [4.69, 9.17) is 9.15 Å². The minimum absolute atomic E-state index is 0.0372. The molecule has 1 aromatic carbocycles. The van der Waals surface area contributed by atoms with E-state index in [1.165, 1.54) is 11.3 Å². The summed E-state index contributed by atoms with van der Waals surface area (Å²) in [6.07, 6.45) is 0.462. The monoisotopic (exact) mass is 369 g/mol. The van der Waals surface area contributed by atoms with Crippen LogP contribution in [0.5, 0.6) is 0 Å². The fraction of sp³-hybridized carbons (Fsp3) is 0.300. The second-order valence-corrected chi connectivity index (χ2v) is 7.09. The van der Waals surface area contributed by atoms with Gasteiger partial charge >= 0.3 is 0 Å². The minimum Gasteiger partial charge on any atom is -0.439 e. The standard InChI is InChI=1S/C20H19NO4S/c1-2-16(22)14-5-3-4-13(10-14)15-12-26-20-17(23)11-18(25-19(15)20)21-6-8-24-9-7-21/h3-5,10-12H,2,6-9H2,1H3. The molecular weight excluding hydrogens is 350 g/mol. The Kier molecular flexibility index (Phi) is 4.61. The first-order chi connectivity index (χ1) is 12.7. The summed E-state index contributed by atoms with van der Waals surface area (Å²) in [5.41, 5.74) is 2.96. The van der Waals surface area contributed by atoms with Gasteiger partial charge in [0.1, 0.15) is 4.70 Å². The van der Waals surface area contributed by atoms with Gasteiger partial charge in [0.2, 0.25) is 5.43 Å². The number of hydrogen-bond acceptors (Lipinski definition) is 6. The Morgan fingerprint density at radius 3 is 2.81 bits per heavy atom. The number of rotatable bonds is 4. The number of carbonyl (C=O) groups is 1. The highest BCUT2D eigenvalue weighted by molar-refractivity contribution is 7.17. The van der Waals surface area contributed by atoms with Gasteiger partial charge in [-0.3, -0.25) is 9.59 Å². The quantitative estimate of drug-likeness (QED) is 0.652. The molecule has 3 aromatic rings. The summed E-state index contributed by atoms with van der Waals surface area (Å²) < 4.78 is 12.1. The molecule has 1 aliphatic heterocycles. The maximum atomic E-state index is 12.5. The molecule has 0 bridgehead atoms. The van der Waals surface area contributed by atoms with Crippen LogP contribution in [-0.4, -0.2) is 32.1 Å². The SMILES string of the molecule is CCC(=O)c1cccc(-c2csc3c(=O)cc(N4CCOCC4)oc23)c1. The highest BCUT2D eigenvalue weighted by Crippen LogP contribution is 2.35. The summed E-state index contributed by atoms with van der Waals surface area (Å²) >= 11 is 1.38. The first kappa shape index (κ1) is 17.0. The van der Waals surface area contributed by atoms with Gasteiger partial charge in [-0.15, -0.1) is 11.3 Å². The van der Waals surface area contributed by atoms with Crippen molar-refractivity contribution in [3.63, 3.8) is 0 Å². The lowest BCUT2D eigenvalue weighted by Gasteiger charge is -2.27. The predicted octanol–water partition coefficient (Wildman–Crippen LogP) is 3.95. The molecule has 1 aliphatic rings. The Bertz CT molecular complexity index is 1010. The van der Waals surface area contributed by atoms with Gasteiger partial charge in [-0.1, -0.05) is 25.1 Å². The van der Waals surface area contributed by atoms with Crippen LogP contribution < -0.4 is 10.3 Å². The van der Waals surface area contributed by atoms with Crippen LogP contribution in [-0.2, 0) is 4.74 Å². The van der Waals surface area contributed by atoms with E-state index in [0.717, 1.165) is 11.1 Å². The Hall–Kier alpha value is -2.44. The molecule has 2 aromatic heterocycles. The summed E-state index contributed by atoms with van der Waals surface area (Å²) in [6.45, 7) is 4.50. The van der Waals surface area contributed by atoms with Crippen molar-refractivity contribution >= 4 is 33.3 Å². The zero-order valence-corrected chi connectivity index (χ0v) is 15.3. The van der Waals surface area contributed by atoms with Crippen molar-refractivity contribution in [3.05, 3.63) is 51.5 Å². The molecule has 26 heavy (non-hydrogen) atoms. The van der Waals surface area contributed by atoms with Gasteiger partial charge in [-0.05, 0) is 11.6 Å². The third kappa shape index (κ3) is 3.06. The van der Waals surface area contributed by atoms with Crippen LogP contribution in [0.1, 0.15) is 23.7 Å². The predicted molar refractivity (Wildman–Crippen MR) is 103 cm³/mol. The van der Waals surface area contributed by atoms with Crippen LogP contribution in [0, 0.1) is 0 Å². The molecule has 4 rings (SSSR count). The summed E-state index contributed by atoms with van der Waals surface area (Å²) in [5.74, 6) is 0.674. The fourth-order valence-electron chi connectivity index (χ4n) is 3.13. The van der Waals surface area contributed by atoms with E-state index < -0.39 is 0 Å². The van der Waals surface area contributed by atoms with E-state index in [0.29, 0.717) is 54.5 Å². The van der Waals surface area contributed by atoms with Crippen LogP contribution in [0.2, 0.25) is 0 Å². The van der Waals surface area contributed by atoms with Gasteiger partial charge in [-0.25, -0.2) is 0 Å². The van der Waals surface area contributed by atoms with Crippen LogP contribution >= 0.6 is 11.3 Å². The molecule has 1 fully saturated rings. The maximum Gasteiger partial charge on any atom is 0.204 e. The Balaban J connectivity index is 1.82. The first-order valence-corrected chi connectivity index (χ1v) is 9.57. The van der Waals surface area contributed by atoms with Gasteiger partial charge in [0, 0.05) is 42.1 Å². The first-order valence-electron chi connectivity index (χ1n) is 8.69. The smallest absolute Gasteiger partial charge is 0.204 e. The lowest BCUT2D eigenvalue weighted by Crippen LogP contribution is -2.36. The van der Waals surface area contributed by atoms with Crippen molar-refractivity contribution < 1.29 is 13.9 Å². The number of ether oxygens (including phenoxy) is 1. The van der Waals surface area contributed by atoms with E-state index in [2.05, 4.69) is 0 Å². The van der Waals surface area contributed by atoms with Gasteiger partial charge in [0.25, 0.3) is 0 Å². The normalized spacial score (nSPS) is 14.7. The number of fused-ring (bicyclic) bond motifs is 1. The number of ketones is 1. The molecule has 1 saturated heterocycles. The number of Topliss-reactive ketones (excluding diaryl/α,β-unsaturated/α-hetero) is 1. The minimum atomic E-state index is -0.0372. The number of nitrogens with zero attached hydrogens (tertiary/aromatic N) is 1. The lowest BCUT2D eigenvalue weighted by molar-refractivity contribution is 0.0988. The molecule has 0 spiro atoms. The van der Waals surface area contributed by atoms with Crippen molar-refractivity contribution in [2.45, 2.75) is 13.3 Å². The van der Waals surface area contributed by atoms with Crippen molar-refractivity contribution in [3.8, 4) is 11.1 Å². The van der Waals surface area contributed by atoms with Crippen molar-refractivity contribution in [1.29, 1.82) is 0 Å². The summed E-state index contributed by atoms with van der Waals surface area (Å²) in [6, 6.07) is 9.06. The highest BCUT2D eigenvalue weighted by atomic mass is 32.1. The molecule has 0 unspecified atom stereocenters. The summed E-state index contributed by atoms with van der Waals surface area (Å²) in [4.78, 5) is 26.6. The number of benzene rings is 1. The molecule has 0 amide bonds. The van der Waals surface area contributed by atoms with E-state index in [1.807, 2.05) is 41.5 Å². The van der Waals surface area contributed by atoms with E-state index in [-0.39, 0.29) is 11.2 Å². The number of thiophene rings is 1. The second kappa shape index (κ2) is 7.05. The van der Waals surface area contributed by atoms with E-state index in [9.17, 15) is 9.59 Å². The van der Waals surface area contributed by atoms with E-state index >= 15 is 0 Å². The van der Waals surface area contributed by atoms with Crippen molar-refractivity contribution in [1.82, 2.24) is 0 Å². The van der Waals surface area contributed by atoms with E-state index in [1.54, 1.807) is 6.07 Å². The van der Waals surface area contributed by atoms with Crippen LogP contribution in [0.25, 0.3) is 21.4 Å². The van der Waals surface area contributed by atoms with Crippen LogP contribution in [0.3, 0.4) is 0 Å². The molecule has 134 valence electrons. The third-order valence-electron chi connectivity index (χ3n) is 4.57. The number of anilines is 1. The molecule has 0 radical (unpaired) electrons. The molecule has 3 heterocycles. The molecule has 0 atom stereocenters. The van der Waals surface area contributed by atoms with Gasteiger partial charge in [0.05, 0.1) is 13.2 Å². The second-order valence-electron chi connectivity index (χ2n) is 6.21. The summed E-state index contributed by atoms with van der Waals surface area (Å²) in [7, 11) is 0. The lowest BCUT2D eigenvalue weighted by atomic mass is 10.0. The van der Waals surface area contributed by atoms with Crippen molar-refractivity contribution in [2.75, 3.05) is 31.2 Å². The highest BCUT2D eigenvalue weighted by Gasteiger charge is 2.19. The number of carbonyl (C=O) groups excluding carboxylic acids is 1. The van der Waals surface area contributed by atoms with Crippen LogP contribution in [0.4, 0.5) is 5.88 Å². The zero-order valence-electron chi connectivity index (χ0n) is 14.5. The molecule has 0 N–H and O–H groups in total. The Morgan fingerprint density at radius 1 is 1.23 bits per heavy atom. The summed E-state index contributed by atoms with van der Waals surface area (Å²) in [5, 5.41) is 1.92. The average Bonchev–Trinajstić information content (AvgIpc) is 3.13. The molecule has 0 saturated carbocycles. The molecule has 6 heteroatoms. The van der Waals surface area contributed by atoms with Crippen LogP contribution in [0.15, 0.2) is 44.9 Å². The largest absolute Gasteiger partial charge is 0.439 e. The van der Waals surface area contributed by atoms with Gasteiger partial charge < -0.3 is 14.1 Å². The number of hydrogen-bond donors (Lipinski definition) is 0. The fourth-order valence-corrected chi connectivity index (χ4v) is 4.05. The maximum absolute atomic E-state index is 12.5. The average molecular weight is 369 g/mol. The van der Waals surface area contributed by atoms with Gasteiger partial charge in [-0.2, -0.15) is 0 Å². The Labute approximate surface area is 154 Å².